The number of rotatable bonds is 4. The van der Waals surface area contributed by atoms with Crippen molar-refractivity contribution in [2.24, 2.45) is 0 Å². The summed E-state index contributed by atoms with van der Waals surface area (Å²) in [5.74, 6) is -0.281. The van der Waals surface area contributed by atoms with Crippen molar-refractivity contribution in [2.75, 3.05) is 0 Å². The minimum absolute atomic E-state index is 0.281. The average molecular weight is 337 g/mol. The molecular weight excluding hydrogens is 319 g/mol. The molecule has 1 nitrogen and oxygen atoms in total. The van der Waals surface area contributed by atoms with Crippen molar-refractivity contribution in [1.29, 1.82) is 0 Å². The third-order valence-corrected chi connectivity index (χ3v) is 4.27. The molecule has 0 radical (unpaired) electrons. The summed E-state index contributed by atoms with van der Waals surface area (Å²) in [7, 11) is 0. The van der Waals surface area contributed by atoms with Crippen molar-refractivity contribution in [2.45, 2.75) is 31.8 Å². The summed E-state index contributed by atoms with van der Waals surface area (Å²) >= 11 is 3.33. The lowest BCUT2D eigenvalue weighted by atomic mass is 9.77. The van der Waals surface area contributed by atoms with Crippen LogP contribution in [0.2, 0.25) is 0 Å². The van der Waals surface area contributed by atoms with Crippen molar-refractivity contribution in [3.8, 4) is 0 Å². The van der Waals surface area contributed by atoms with Gasteiger partial charge in [-0.1, -0.05) is 60.1 Å². The SMILES string of the molecule is CC(C)(c1ccccc1)C(O)Cc1cc(Br)ccc1F. The zero-order chi connectivity index (χ0) is 14.8. The topological polar surface area (TPSA) is 20.2 Å². The maximum Gasteiger partial charge on any atom is 0.126 e. The Morgan fingerprint density at radius 1 is 1.15 bits per heavy atom. The summed E-state index contributed by atoms with van der Waals surface area (Å²) in [6, 6.07) is 14.6. The Bertz CT molecular complexity index is 581. The van der Waals surface area contributed by atoms with Crippen molar-refractivity contribution in [3.05, 3.63) is 69.9 Å². The zero-order valence-electron chi connectivity index (χ0n) is 11.6. The first-order valence-electron chi connectivity index (χ1n) is 6.59. The predicted molar refractivity (Wildman–Crippen MR) is 83.3 cm³/mol. The molecule has 0 saturated carbocycles. The molecule has 0 aromatic heterocycles. The van der Waals surface area contributed by atoms with Gasteiger partial charge in [0.25, 0.3) is 0 Å². The quantitative estimate of drug-likeness (QED) is 0.873. The van der Waals surface area contributed by atoms with Gasteiger partial charge in [0.1, 0.15) is 5.82 Å². The van der Waals surface area contributed by atoms with E-state index in [1.54, 1.807) is 12.1 Å². The molecule has 0 saturated heterocycles. The van der Waals surface area contributed by atoms with Crippen molar-refractivity contribution < 1.29 is 9.50 Å². The third-order valence-electron chi connectivity index (χ3n) is 3.77. The van der Waals surface area contributed by atoms with E-state index in [0.29, 0.717) is 5.56 Å². The molecule has 0 spiro atoms. The molecule has 0 fully saturated rings. The van der Waals surface area contributed by atoms with E-state index in [-0.39, 0.29) is 12.2 Å². The summed E-state index contributed by atoms with van der Waals surface area (Å²) in [6.07, 6.45) is -0.374. The van der Waals surface area contributed by atoms with Crippen LogP contribution in [0.5, 0.6) is 0 Å². The van der Waals surface area contributed by atoms with E-state index in [0.717, 1.165) is 10.0 Å². The lowest BCUT2D eigenvalue weighted by Crippen LogP contribution is -2.35. The summed E-state index contributed by atoms with van der Waals surface area (Å²) in [4.78, 5) is 0. The molecule has 2 rings (SSSR count). The van der Waals surface area contributed by atoms with Gasteiger partial charge < -0.3 is 5.11 Å². The van der Waals surface area contributed by atoms with Gasteiger partial charge in [-0.2, -0.15) is 0 Å². The maximum absolute atomic E-state index is 13.8. The van der Waals surface area contributed by atoms with E-state index in [1.807, 2.05) is 44.2 Å². The molecule has 0 bridgehead atoms. The molecule has 106 valence electrons. The minimum Gasteiger partial charge on any atom is -0.392 e. The highest BCUT2D eigenvalue weighted by Crippen LogP contribution is 2.30. The Morgan fingerprint density at radius 2 is 1.80 bits per heavy atom. The van der Waals surface area contributed by atoms with Gasteiger partial charge >= 0.3 is 0 Å². The smallest absolute Gasteiger partial charge is 0.126 e. The largest absolute Gasteiger partial charge is 0.392 e. The molecule has 1 N–H and O–H groups in total. The number of halogens is 2. The molecule has 0 amide bonds. The molecule has 2 aromatic rings. The Morgan fingerprint density at radius 3 is 2.45 bits per heavy atom. The lowest BCUT2D eigenvalue weighted by Gasteiger charge is -2.31. The van der Waals surface area contributed by atoms with Gasteiger partial charge in [-0.05, 0) is 29.3 Å². The van der Waals surface area contributed by atoms with Gasteiger partial charge in [0.05, 0.1) is 6.10 Å². The Balaban J connectivity index is 2.23. The molecular formula is C17H18BrFO. The van der Waals surface area contributed by atoms with E-state index in [2.05, 4.69) is 15.9 Å². The van der Waals surface area contributed by atoms with Crippen LogP contribution in [0.25, 0.3) is 0 Å². The van der Waals surface area contributed by atoms with E-state index in [9.17, 15) is 9.50 Å². The van der Waals surface area contributed by atoms with Crippen LogP contribution in [0.1, 0.15) is 25.0 Å². The van der Waals surface area contributed by atoms with E-state index >= 15 is 0 Å². The molecule has 3 heteroatoms. The van der Waals surface area contributed by atoms with E-state index < -0.39 is 11.5 Å². The molecule has 0 aliphatic rings. The highest BCUT2D eigenvalue weighted by atomic mass is 79.9. The highest BCUT2D eigenvalue weighted by molar-refractivity contribution is 9.10. The first kappa shape index (κ1) is 15.2. The molecule has 1 unspecified atom stereocenters. The number of aliphatic hydroxyl groups is 1. The van der Waals surface area contributed by atoms with Crippen LogP contribution in [0.3, 0.4) is 0 Å². The van der Waals surface area contributed by atoms with Crippen LogP contribution in [0.4, 0.5) is 4.39 Å². The molecule has 0 heterocycles. The van der Waals surface area contributed by atoms with Crippen LogP contribution in [0.15, 0.2) is 53.0 Å². The Kier molecular flexibility index (Phi) is 4.61. The second kappa shape index (κ2) is 6.06. The normalized spacial score (nSPS) is 13.2. The van der Waals surface area contributed by atoms with Gasteiger partial charge in [0, 0.05) is 16.3 Å². The second-order valence-electron chi connectivity index (χ2n) is 5.54. The van der Waals surface area contributed by atoms with Crippen LogP contribution in [-0.2, 0) is 11.8 Å². The van der Waals surface area contributed by atoms with Gasteiger partial charge in [-0.25, -0.2) is 4.39 Å². The van der Waals surface area contributed by atoms with Gasteiger partial charge in [-0.15, -0.1) is 0 Å². The van der Waals surface area contributed by atoms with E-state index in [1.165, 1.54) is 6.07 Å². The van der Waals surface area contributed by atoms with Crippen molar-refractivity contribution in [1.82, 2.24) is 0 Å². The Hall–Kier alpha value is -1.19. The number of hydrogen-bond donors (Lipinski definition) is 1. The fourth-order valence-corrected chi connectivity index (χ4v) is 2.63. The van der Waals surface area contributed by atoms with Crippen LogP contribution in [-0.4, -0.2) is 11.2 Å². The van der Waals surface area contributed by atoms with E-state index in [4.69, 9.17) is 0 Å². The minimum atomic E-state index is -0.659. The monoisotopic (exact) mass is 336 g/mol. The standard InChI is InChI=1S/C17H18BrFO/c1-17(2,13-6-4-3-5-7-13)16(20)11-12-10-14(18)8-9-15(12)19/h3-10,16,20H,11H2,1-2H3. The molecule has 0 aliphatic carbocycles. The number of aliphatic hydroxyl groups excluding tert-OH is 1. The number of benzene rings is 2. The molecule has 1 atom stereocenters. The molecule has 0 aliphatic heterocycles. The second-order valence-corrected chi connectivity index (χ2v) is 6.46. The fraction of sp³-hybridized carbons (Fsp3) is 0.294. The summed E-state index contributed by atoms with van der Waals surface area (Å²) in [6.45, 7) is 3.95. The van der Waals surface area contributed by atoms with Gasteiger partial charge in [0.2, 0.25) is 0 Å². The van der Waals surface area contributed by atoms with Crippen LogP contribution in [0, 0.1) is 5.82 Å². The summed E-state index contributed by atoms with van der Waals surface area (Å²) in [5, 5.41) is 10.5. The fourth-order valence-electron chi connectivity index (χ4n) is 2.22. The third kappa shape index (κ3) is 3.28. The molecule has 2 aromatic carbocycles. The highest BCUT2D eigenvalue weighted by Gasteiger charge is 2.30. The lowest BCUT2D eigenvalue weighted by molar-refractivity contribution is 0.0991. The first-order valence-corrected chi connectivity index (χ1v) is 7.38. The first-order chi connectivity index (χ1) is 9.41. The average Bonchev–Trinajstić information content (AvgIpc) is 2.43. The Labute approximate surface area is 127 Å². The zero-order valence-corrected chi connectivity index (χ0v) is 13.2. The van der Waals surface area contributed by atoms with Crippen LogP contribution >= 0.6 is 15.9 Å². The predicted octanol–water partition coefficient (Wildman–Crippen LogP) is 4.47. The van der Waals surface area contributed by atoms with Crippen molar-refractivity contribution in [3.63, 3.8) is 0 Å². The summed E-state index contributed by atoms with van der Waals surface area (Å²) in [5.41, 5.74) is 1.13. The van der Waals surface area contributed by atoms with Gasteiger partial charge in [0.15, 0.2) is 0 Å². The number of hydrogen-bond acceptors (Lipinski definition) is 1. The van der Waals surface area contributed by atoms with Crippen LogP contribution < -0.4 is 0 Å². The maximum atomic E-state index is 13.8. The van der Waals surface area contributed by atoms with Crippen molar-refractivity contribution >= 4 is 15.9 Å². The summed E-state index contributed by atoms with van der Waals surface area (Å²) < 4.78 is 14.6. The van der Waals surface area contributed by atoms with Gasteiger partial charge in [-0.3, -0.25) is 0 Å². The molecule has 20 heavy (non-hydrogen) atoms.